The predicted octanol–water partition coefficient (Wildman–Crippen LogP) is 7.08. The topological polar surface area (TPSA) is 27.1 Å². The van der Waals surface area contributed by atoms with Crippen LogP contribution in [0.3, 0.4) is 0 Å². The minimum atomic E-state index is 0.839. The van der Waals surface area contributed by atoms with Gasteiger partial charge in [-0.15, -0.1) is 0 Å². The Hall–Kier alpha value is -2.37. The zero-order chi connectivity index (χ0) is 19.4. The quantitative estimate of drug-likeness (QED) is 0.244. The summed E-state index contributed by atoms with van der Waals surface area (Å²) >= 11 is 7.26. The number of aromatic nitrogens is 2. The van der Waals surface area contributed by atoms with Gasteiger partial charge in [-0.25, -0.2) is 4.98 Å². The maximum atomic E-state index is 5.30. The molecule has 0 amide bonds. The van der Waals surface area contributed by atoms with Crippen LogP contribution in [0.2, 0.25) is 0 Å². The van der Waals surface area contributed by atoms with Gasteiger partial charge in [-0.1, -0.05) is 44.0 Å². The third-order valence-electron chi connectivity index (χ3n) is 5.21. The van der Waals surface area contributed by atoms with Crippen molar-refractivity contribution in [1.29, 1.82) is 0 Å². The average molecular weight is 496 g/mol. The number of aryl methyl sites for hydroxylation is 1. The number of fused-ring (bicyclic) bond motifs is 6. The van der Waals surface area contributed by atoms with E-state index >= 15 is 0 Å². The molecule has 0 N–H and O–H groups in total. The molecule has 0 aliphatic carbocycles. The van der Waals surface area contributed by atoms with Gasteiger partial charge in [-0.05, 0) is 59.3 Å². The van der Waals surface area contributed by atoms with Crippen molar-refractivity contribution in [3.63, 3.8) is 0 Å². The molecule has 0 unspecified atom stereocenters. The molecule has 0 bridgehead atoms. The van der Waals surface area contributed by atoms with Gasteiger partial charge >= 0.3 is 0 Å². The van der Waals surface area contributed by atoms with E-state index in [-0.39, 0.29) is 0 Å². The van der Waals surface area contributed by atoms with Crippen LogP contribution in [0.15, 0.2) is 69.6 Å². The molecule has 0 radical (unpaired) electrons. The third-order valence-corrected chi connectivity index (χ3v) is 6.19. The fourth-order valence-electron chi connectivity index (χ4n) is 3.89. The molecule has 5 rings (SSSR count). The molecule has 1 aromatic heterocycles. The van der Waals surface area contributed by atoms with E-state index in [1.54, 1.807) is 7.11 Å². The molecular formula is C23H16Br2N2O. The molecular weight excluding hydrogens is 480 g/mol. The van der Waals surface area contributed by atoms with E-state index < -0.39 is 0 Å². The van der Waals surface area contributed by atoms with Crippen LogP contribution in [0, 0.1) is 0 Å². The van der Waals surface area contributed by atoms with E-state index in [2.05, 4.69) is 92.0 Å². The number of ether oxygens (including phenoxy) is 1. The molecule has 5 heteroatoms. The van der Waals surface area contributed by atoms with Crippen LogP contribution in [-0.2, 0) is 7.05 Å². The Morgan fingerprint density at radius 3 is 2.04 bits per heavy atom. The smallest absolute Gasteiger partial charge is 0.140 e. The molecule has 5 aromatic rings. The normalized spacial score (nSPS) is 11.6. The molecule has 28 heavy (non-hydrogen) atoms. The van der Waals surface area contributed by atoms with Crippen molar-refractivity contribution < 1.29 is 4.74 Å². The van der Waals surface area contributed by atoms with Crippen molar-refractivity contribution in [3.8, 4) is 17.1 Å². The van der Waals surface area contributed by atoms with Crippen molar-refractivity contribution in [3.05, 3.63) is 69.6 Å². The largest absolute Gasteiger partial charge is 0.497 e. The van der Waals surface area contributed by atoms with Gasteiger partial charge in [0.1, 0.15) is 11.6 Å². The summed E-state index contributed by atoms with van der Waals surface area (Å²) in [7, 11) is 3.76. The lowest BCUT2D eigenvalue weighted by atomic mass is 10.00. The minimum Gasteiger partial charge on any atom is -0.497 e. The second-order valence-corrected chi connectivity index (χ2v) is 8.63. The first-order chi connectivity index (χ1) is 13.6. The maximum absolute atomic E-state index is 5.30. The zero-order valence-electron chi connectivity index (χ0n) is 15.3. The summed E-state index contributed by atoms with van der Waals surface area (Å²) in [4.78, 5) is 5.07. The van der Waals surface area contributed by atoms with Crippen LogP contribution in [0.4, 0.5) is 0 Å². The molecule has 1 heterocycles. The lowest BCUT2D eigenvalue weighted by Crippen LogP contribution is -1.93. The van der Waals surface area contributed by atoms with Crippen LogP contribution in [-0.4, -0.2) is 16.7 Å². The number of imidazole rings is 1. The fourth-order valence-corrected chi connectivity index (χ4v) is 4.61. The van der Waals surface area contributed by atoms with Crippen molar-refractivity contribution >= 4 is 64.4 Å². The third kappa shape index (κ3) is 2.65. The summed E-state index contributed by atoms with van der Waals surface area (Å²) in [6.45, 7) is 0. The standard InChI is InChI=1S/C23H16Br2N2O/c1-27-22-20-12-15(25)6-10-18(20)17-9-5-14(24)11-19(17)21(22)26-23(27)13-3-7-16(28-2)8-4-13/h3-12H,1-2H3. The molecule has 0 saturated heterocycles. The summed E-state index contributed by atoms with van der Waals surface area (Å²) in [5, 5.41) is 4.77. The number of rotatable bonds is 2. The number of hydrogen-bond donors (Lipinski definition) is 0. The van der Waals surface area contributed by atoms with Crippen LogP contribution < -0.4 is 4.74 Å². The Morgan fingerprint density at radius 2 is 1.39 bits per heavy atom. The number of halogens is 2. The molecule has 138 valence electrons. The van der Waals surface area contributed by atoms with E-state index in [4.69, 9.17) is 9.72 Å². The summed E-state index contributed by atoms with van der Waals surface area (Å²) in [5.41, 5.74) is 3.20. The number of benzene rings is 4. The minimum absolute atomic E-state index is 0.839. The van der Waals surface area contributed by atoms with Gasteiger partial charge < -0.3 is 9.30 Å². The lowest BCUT2D eigenvalue weighted by molar-refractivity contribution is 0.415. The van der Waals surface area contributed by atoms with Gasteiger partial charge in [0.05, 0.1) is 18.1 Å². The van der Waals surface area contributed by atoms with Gasteiger partial charge in [0, 0.05) is 32.3 Å². The van der Waals surface area contributed by atoms with Gasteiger partial charge in [-0.2, -0.15) is 0 Å². The Balaban J connectivity index is 1.94. The van der Waals surface area contributed by atoms with Crippen LogP contribution >= 0.6 is 31.9 Å². The second kappa shape index (κ2) is 6.61. The fraction of sp³-hybridized carbons (Fsp3) is 0.0870. The second-order valence-electron chi connectivity index (χ2n) is 6.80. The highest BCUT2D eigenvalue weighted by atomic mass is 79.9. The summed E-state index contributed by atoms with van der Waals surface area (Å²) in [6.07, 6.45) is 0. The van der Waals surface area contributed by atoms with Crippen LogP contribution in [0.5, 0.6) is 5.75 Å². The molecule has 0 spiro atoms. The van der Waals surface area contributed by atoms with E-state index in [0.29, 0.717) is 0 Å². The maximum Gasteiger partial charge on any atom is 0.140 e. The van der Waals surface area contributed by atoms with E-state index in [1.165, 1.54) is 16.2 Å². The van der Waals surface area contributed by atoms with Gasteiger partial charge in [-0.3, -0.25) is 0 Å². The number of nitrogens with zero attached hydrogens (tertiary/aromatic N) is 2. The lowest BCUT2D eigenvalue weighted by Gasteiger charge is -2.09. The molecule has 0 aliphatic rings. The molecule has 4 aromatic carbocycles. The van der Waals surface area contributed by atoms with E-state index in [9.17, 15) is 0 Å². The van der Waals surface area contributed by atoms with Crippen LogP contribution in [0.1, 0.15) is 0 Å². The highest BCUT2D eigenvalue weighted by Crippen LogP contribution is 2.39. The Labute approximate surface area is 179 Å². The molecule has 3 nitrogen and oxygen atoms in total. The monoisotopic (exact) mass is 494 g/mol. The molecule has 0 saturated carbocycles. The van der Waals surface area contributed by atoms with E-state index in [1.807, 2.05) is 12.1 Å². The first-order valence-electron chi connectivity index (χ1n) is 8.88. The summed E-state index contributed by atoms with van der Waals surface area (Å²) in [6, 6.07) is 20.9. The predicted molar refractivity (Wildman–Crippen MR) is 123 cm³/mol. The summed E-state index contributed by atoms with van der Waals surface area (Å²) in [5.74, 6) is 1.78. The van der Waals surface area contributed by atoms with Crippen molar-refractivity contribution in [2.24, 2.45) is 7.05 Å². The molecule has 0 fully saturated rings. The van der Waals surface area contributed by atoms with Crippen molar-refractivity contribution in [2.75, 3.05) is 7.11 Å². The Bertz CT molecular complexity index is 1370. The first-order valence-corrected chi connectivity index (χ1v) is 10.5. The van der Waals surface area contributed by atoms with Gasteiger partial charge in [0.25, 0.3) is 0 Å². The number of methoxy groups -OCH3 is 1. The Kier molecular flexibility index (Phi) is 4.18. The highest BCUT2D eigenvalue weighted by molar-refractivity contribution is 9.10. The Morgan fingerprint density at radius 1 is 0.786 bits per heavy atom. The van der Waals surface area contributed by atoms with E-state index in [0.717, 1.165) is 42.5 Å². The summed E-state index contributed by atoms with van der Waals surface area (Å²) < 4.78 is 9.60. The SMILES string of the molecule is COc1ccc(-c2nc3c4cc(Br)ccc4c4ccc(Br)cc4c3n2C)cc1. The van der Waals surface area contributed by atoms with Gasteiger partial charge in [0.2, 0.25) is 0 Å². The molecule has 0 aliphatic heterocycles. The van der Waals surface area contributed by atoms with Crippen molar-refractivity contribution in [1.82, 2.24) is 9.55 Å². The number of hydrogen-bond acceptors (Lipinski definition) is 2. The molecule has 0 atom stereocenters. The van der Waals surface area contributed by atoms with Crippen LogP contribution in [0.25, 0.3) is 44.0 Å². The average Bonchev–Trinajstić information content (AvgIpc) is 3.06. The van der Waals surface area contributed by atoms with Gasteiger partial charge in [0.15, 0.2) is 0 Å². The highest BCUT2D eigenvalue weighted by Gasteiger charge is 2.17. The van der Waals surface area contributed by atoms with Crippen molar-refractivity contribution in [2.45, 2.75) is 0 Å². The zero-order valence-corrected chi connectivity index (χ0v) is 18.5. The first kappa shape index (κ1) is 17.7.